The summed E-state index contributed by atoms with van der Waals surface area (Å²) in [5, 5.41) is 2.68. The maximum Gasteiger partial charge on any atom is 0.340 e. The van der Waals surface area contributed by atoms with E-state index in [0.717, 1.165) is 13.2 Å². The molecule has 0 saturated heterocycles. The summed E-state index contributed by atoms with van der Waals surface area (Å²) in [6.45, 7) is 0.156. The molecule has 19 heavy (non-hydrogen) atoms. The summed E-state index contributed by atoms with van der Waals surface area (Å²) in [6.07, 6.45) is 2.69. The molecule has 2 aromatic rings. The minimum absolute atomic E-state index is 0.0294. The van der Waals surface area contributed by atoms with Crippen molar-refractivity contribution in [1.29, 1.82) is 0 Å². The molecule has 0 aliphatic rings. The first-order valence-corrected chi connectivity index (χ1v) is 5.30. The van der Waals surface area contributed by atoms with Gasteiger partial charge in [0.2, 0.25) is 0 Å². The van der Waals surface area contributed by atoms with Crippen LogP contribution in [0.15, 0.2) is 29.1 Å². The topological polar surface area (TPSA) is 64.4 Å². The average Bonchev–Trinajstić information content (AvgIpc) is 2.90. The molecule has 0 saturated carbocycles. The third kappa shape index (κ3) is 2.87. The molecule has 1 aromatic heterocycles. The van der Waals surface area contributed by atoms with E-state index in [1.54, 1.807) is 0 Å². The number of aromatic nitrogens is 1. The van der Waals surface area contributed by atoms with Crippen LogP contribution in [0.3, 0.4) is 0 Å². The lowest BCUT2D eigenvalue weighted by Crippen LogP contribution is -2.08. The molecule has 5 nitrogen and oxygen atoms in total. The molecule has 0 amide bonds. The number of nitrogens with one attached hydrogen (secondary N) is 1. The zero-order chi connectivity index (χ0) is 13.8. The van der Waals surface area contributed by atoms with Crippen LogP contribution in [0.5, 0.6) is 0 Å². The Balaban J connectivity index is 2.22. The van der Waals surface area contributed by atoms with Crippen LogP contribution >= 0.6 is 0 Å². The Morgan fingerprint density at radius 2 is 2.21 bits per heavy atom. The van der Waals surface area contributed by atoms with E-state index in [0.29, 0.717) is 11.8 Å². The third-order valence-corrected chi connectivity index (χ3v) is 2.40. The van der Waals surface area contributed by atoms with E-state index in [9.17, 15) is 13.6 Å². The lowest BCUT2D eigenvalue weighted by molar-refractivity contribution is 0.0595. The molecule has 7 heteroatoms. The second-order valence-electron chi connectivity index (χ2n) is 3.62. The fourth-order valence-corrected chi connectivity index (χ4v) is 1.46. The summed E-state index contributed by atoms with van der Waals surface area (Å²) < 4.78 is 36.3. The first-order valence-electron chi connectivity index (χ1n) is 5.30. The number of carbonyl (C=O) groups is 1. The summed E-state index contributed by atoms with van der Waals surface area (Å²) in [4.78, 5) is 15.0. The number of hydrogen-bond acceptors (Lipinski definition) is 5. The van der Waals surface area contributed by atoms with Crippen molar-refractivity contribution in [2.75, 3.05) is 12.4 Å². The third-order valence-electron chi connectivity index (χ3n) is 2.40. The molecule has 1 heterocycles. The molecule has 1 N–H and O–H groups in total. The molecular formula is C12H10F2N2O3. The Labute approximate surface area is 107 Å². The first-order chi connectivity index (χ1) is 9.11. The number of hydrogen-bond donors (Lipinski definition) is 1. The quantitative estimate of drug-likeness (QED) is 0.862. The van der Waals surface area contributed by atoms with Gasteiger partial charge in [0.15, 0.2) is 6.39 Å². The van der Waals surface area contributed by atoms with E-state index >= 15 is 0 Å². The minimum atomic E-state index is -0.977. The van der Waals surface area contributed by atoms with Crippen LogP contribution in [0.4, 0.5) is 14.5 Å². The highest BCUT2D eigenvalue weighted by atomic mass is 19.1. The summed E-state index contributed by atoms with van der Waals surface area (Å²) in [7, 11) is 1.12. The van der Waals surface area contributed by atoms with Crippen molar-refractivity contribution in [2.45, 2.75) is 6.54 Å². The molecule has 2 rings (SSSR count). The zero-order valence-corrected chi connectivity index (χ0v) is 9.94. The van der Waals surface area contributed by atoms with E-state index in [1.807, 2.05) is 0 Å². The van der Waals surface area contributed by atoms with Gasteiger partial charge in [-0.15, -0.1) is 0 Å². The maximum atomic E-state index is 13.5. The zero-order valence-electron chi connectivity index (χ0n) is 9.94. The van der Waals surface area contributed by atoms with Crippen molar-refractivity contribution < 1.29 is 22.7 Å². The number of nitrogens with zero attached hydrogens (tertiary/aromatic N) is 1. The van der Waals surface area contributed by atoms with Crippen molar-refractivity contribution >= 4 is 11.7 Å². The highest BCUT2D eigenvalue weighted by Crippen LogP contribution is 2.21. The van der Waals surface area contributed by atoms with Gasteiger partial charge in [-0.1, -0.05) is 0 Å². The number of ether oxygens (including phenoxy) is 1. The summed E-state index contributed by atoms with van der Waals surface area (Å²) in [5.41, 5.74) is -0.373. The molecule has 0 aliphatic carbocycles. The monoisotopic (exact) mass is 268 g/mol. The van der Waals surface area contributed by atoms with Crippen molar-refractivity contribution in [3.8, 4) is 0 Å². The molecule has 0 bridgehead atoms. The largest absolute Gasteiger partial charge is 0.465 e. The summed E-state index contributed by atoms with van der Waals surface area (Å²) >= 11 is 0. The van der Waals surface area contributed by atoms with Crippen LogP contribution in [-0.2, 0) is 11.3 Å². The van der Waals surface area contributed by atoms with E-state index in [1.165, 1.54) is 12.6 Å². The number of methoxy groups -OCH3 is 1. The van der Waals surface area contributed by atoms with E-state index < -0.39 is 17.6 Å². The van der Waals surface area contributed by atoms with Gasteiger partial charge in [-0.2, -0.15) is 0 Å². The van der Waals surface area contributed by atoms with Crippen LogP contribution < -0.4 is 5.32 Å². The first kappa shape index (κ1) is 13.0. The van der Waals surface area contributed by atoms with Crippen molar-refractivity contribution in [1.82, 2.24) is 4.98 Å². The Morgan fingerprint density at radius 3 is 2.84 bits per heavy atom. The molecule has 1 aromatic carbocycles. The second-order valence-corrected chi connectivity index (χ2v) is 3.62. The molecule has 0 spiro atoms. The molecule has 0 unspecified atom stereocenters. The molecule has 100 valence electrons. The van der Waals surface area contributed by atoms with E-state index in [-0.39, 0.29) is 17.8 Å². The van der Waals surface area contributed by atoms with Gasteiger partial charge in [0.05, 0.1) is 31.1 Å². The van der Waals surface area contributed by atoms with E-state index in [4.69, 9.17) is 4.42 Å². The molecular weight excluding hydrogens is 258 g/mol. The van der Waals surface area contributed by atoms with Gasteiger partial charge in [0, 0.05) is 6.07 Å². The van der Waals surface area contributed by atoms with Crippen molar-refractivity contribution in [3.05, 3.63) is 47.7 Å². The fourth-order valence-electron chi connectivity index (χ4n) is 1.46. The maximum absolute atomic E-state index is 13.5. The highest BCUT2D eigenvalue weighted by Gasteiger charge is 2.16. The number of rotatable bonds is 4. The SMILES string of the molecule is COC(=O)c1cc(NCc2cnco2)c(F)cc1F. The number of esters is 1. The molecule has 0 aliphatic heterocycles. The summed E-state index contributed by atoms with van der Waals surface area (Å²) in [5.74, 6) is -2.19. The Hall–Kier alpha value is -2.44. The van der Waals surface area contributed by atoms with Gasteiger partial charge in [-0.3, -0.25) is 0 Å². The highest BCUT2D eigenvalue weighted by molar-refractivity contribution is 5.90. The normalized spacial score (nSPS) is 10.3. The number of anilines is 1. The molecule has 0 atom stereocenters. The van der Waals surface area contributed by atoms with Crippen molar-refractivity contribution in [2.24, 2.45) is 0 Å². The number of halogens is 2. The van der Waals surface area contributed by atoms with Gasteiger partial charge in [0.1, 0.15) is 17.4 Å². The van der Waals surface area contributed by atoms with Crippen molar-refractivity contribution in [3.63, 3.8) is 0 Å². The standard InChI is InChI=1S/C12H10F2N2O3/c1-18-12(17)8-2-11(10(14)3-9(8)13)16-5-7-4-15-6-19-7/h2-4,6,16H,5H2,1H3. The number of benzene rings is 1. The van der Waals surface area contributed by atoms with Gasteiger partial charge >= 0.3 is 5.97 Å². The lowest BCUT2D eigenvalue weighted by Gasteiger charge is -2.08. The fraction of sp³-hybridized carbons (Fsp3) is 0.167. The van der Waals surface area contributed by atoms with Crippen LogP contribution in [-0.4, -0.2) is 18.1 Å². The summed E-state index contributed by atoms with van der Waals surface area (Å²) in [6, 6.07) is 1.67. The second kappa shape index (κ2) is 5.47. The van der Waals surface area contributed by atoms with Gasteiger partial charge in [-0.25, -0.2) is 18.6 Å². The Morgan fingerprint density at radius 1 is 1.42 bits per heavy atom. The van der Waals surface area contributed by atoms with Gasteiger partial charge in [-0.05, 0) is 6.07 Å². The predicted octanol–water partition coefficient (Wildman–Crippen LogP) is 2.35. The predicted molar refractivity (Wildman–Crippen MR) is 61.5 cm³/mol. The smallest absolute Gasteiger partial charge is 0.340 e. The number of carbonyl (C=O) groups excluding carboxylic acids is 1. The minimum Gasteiger partial charge on any atom is -0.465 e. The van der Waals surface area contributed by atoms with Crippen LogP contribution in [0, 0.1) is 11.6 Å². The Kier molecular flexibility index (Phi) is 3.74. The Bertz CT molecular complexity index is 585. The van der Waals surface area contributed by atoms with Gasteiger partial charge in [0.25, 0.3) is 0 Å². The number of oxazole rings is 1. The van der Waals surface area contributed by atoms with Crippen LogP contribution in [0.2, 0.25) is 0 Å². The van der Waals surface area contributed by atoms with E-state index in [2.05, 4.69) is 15.0 Å². The molecule has 0 fully saturated rings. The van der Waals surface area contributed by atoms with Crippen LogP contribution in [0.1, 0.15) is 16.1 Å². The van der Waals surface area contributed by atoms with Gasteiger partial charge < -0.3 is 14.5 Å². The van der Waals surface area contributed by atoms with Crippen LogP contribution in [0.25, 0.3) is 0 Å². The molecule has 0 radical (unpaired) electrons. The average molecular weight is 268 g/mol. The lowest BCUT2D eigenvalue weighted by atomic mass is 10.1.